The van der Waals surface area contributed by atoms with Gasteiger partial charge in [0.05, 0.1) is 16.8 Å². The minimum absolute atomic E-state index is 0.00577. The summed E-state index contributed by atoms with van der Waals surface area (Å²) in [5.41, 5.74) is 2.46. The molecule has 2 aromatic heterocycles. The molecule has 1 amide bonds. The minimum Gasteiger partial charge on any atom is -0.338 e. The van der Waals surface area contributed by atoms with Gasteiger partial charge in [0.2, 0.25) is 0 Å². The highest BCUT2D eigenvalue weighted by Crippen LogP contribution is 2.24. The summed E-state index contributed by atoms with van der Waals surface area (Å²) in [5.74, 6) is 0.457. The Hall–Kier alpha value is -2.76. The van der Waals surface area contributed by atoms with E-state index >= 15 is 0 Å². The number of carbonyl (C=O) groups excluding carboxylic acids is 1. The number of carbonyl (C=O) groups is 1. The molecule has 28 heavy (non-hydrogen) atoms. The molecular formula is C22H27N5O. The molecule has 1 aliphatic heterocycles. The van der Waals surface area contributed by atoms with Gasteiger partial charge in [0.15, 0.2) is 0 Å². The van der Waals surface area contributed by atoms with Crippen LogP contribution in [0.25, 0.3) is 10.9 Å². The zero-order valence-electron chi connectivity index (χ0n) is 16.8. The summed E-state index contributed by atoms with van der Waals surface area (Å²) in [5, 5.41) is 9.61. The van der Waals surface area contributed by atoms with Crippen LogP contribution in [-0.2, 0) is 12.0 Å². The Kier molecular flexibility index (Phi) is 4.87. The molecule has 3 aromatic rings. The Labute approximate surface area is 165 Å². The summed E-state index contributed by atoms with van der Waals surface area (Å²) in [6.07, 6.45) is 5.89. The molecule has 4 rings (SSSR count). The van der Waals surface area contributed by atoms with Crippen LogP contribution in [0.1, 0.15) is 49.7 Å². The van der Waals surface area contributed by atoms with E-state index in [1.54, 1.807) is 6.20 Å². The minimum atomic E-state index is -0.00577. The maximum absolute atomic E-state index is 13.2. The normalized spacial score (nSPS) is 17.8. The number of amides is 1. The van der Waals surface area contributed by atoms with Crippen molar-refractivity contribution in [2.75, 3.05) is 13.1 Å². The first-order chi connectivity index (χ1) is 13.4. The fourth-order valence-corrected chi connectivity index (χ4v) is 3.84. The van der Waals surface area contributed by atoms with Crippen molar-refractivity contribution in [1.29, 1.82) is 0 Å². The van der Waals surface area contributed by atoms with Gasteiger partial charge in [0, 0.05) is 42.8 Å². The highest BCUT2D eigenvalue weighted by molar-refractivity contribution is 6.05. The molecule has 1 unspecified atom stereocenters. The first kappa shape index (κ1) is 18.6. The molecule has 0 spiro atoms. The van der Waals surface area contributed by atoms with Gasteiger partial charge in [-0.3, -0.25) is 14.5 Å². The molecule has 0 bridgehead atoms. The lowest BCUT2D eigenvalue weighted by Crippen LogP contribution is -2.41. The van der Waals surface area contributed by atoms with Gasteiger partial charge >= 0.3 is 0 Å². The number of hydrogen-bond acceptors (Lipinski definition) is 4. The number of likely N-dealkylation sites (tertiary alicyclic amines) is 1. The zero-order valence-corrected chi connectivity index (χ0v) is 16.8. The molecule has 6 nitrogen and oxygen atoms in total. The molecule has 6 heteroatoms. The second-order valence-corrected chi connectivity index (χ2v) is 8.72. The molecule has 0 radical (unpaired) electrons. The average Bonchev–Trinajstić information content (AvgIpc) is 3.16. The fourth-order valence-electron chi connectivity index (χ4n) is 3.84. The standard InChI is InChI=1S/C22H27N5O/c1-22(2,3)19-15-27(25-24-19)14-16-7-6-12-26(13-16)21(28)18-10-4-8-17-9-5-11-23-20(17)18/h4-5,8-11,15-16H,6-7,12-14H2,1-3H3. The quantitative estimate of drug-likeness (QED) is 0.698. The molecule has 1 atom stereocenters. The maximum Gasteiger partial charge on any atom is 0.256 e. The van der Waals surface area contributed by atoms with Crippen molar-refractivity contribution < 1.29 is 4.79 Å². The monoisotopic (exact) mass is 377 g/mol. The zero-order chi connectivity index (χ0) is 19.7. The highest BCUT2D eigenvalue weighted by atomic mass is 16.2. The van der Waals surface area contributed by atoms with E-state index in [9.17, 15) is 4.79 Å². The van der Waals surface area contributed by atoms with E-state index in [0.717, 1.165) is 49.1 Å². The van der Waals surface area contributed by atoms with E-state index in [0.29, 0.717) is 11.5 Å². The SMILES string of the molecule is CC(C)(C)c1cn(CC2CCCN(C(=O)c3cccc4cccnc34)C2)nn1. The van der Waals surface area contributed by atoms with Crippen LogP contribution < -0.4 is 0 Å². The second-order valence-electron chi connectivity index (χ2n) is 8.72. The Morgan fingerprint density at radius 1 is 1.21 bits per heavy atom. The van der Waals surface area contributed by atoms with Crippen LogP contribution in [0.5, 0.6) is 0 Å². The van der Waals surface area contributed by atoms with Crippen LogP contribution in [0.15, 0.2) is 42.7 Å². The molecule has 1 aliphatic rings. The van der Waals surface area contributed by atoms with Gasteiger partial charge in [-0.05, 0) is 30.9 Å². The summed E-state index contributed by atoms with van der Waals surface area (Å²) in [4.78, 5) is 19.6. The number of piperidine rings is 1. The van der Waals surface area contributed by atoms with Crippen molar-refractivity contribution >= 4 is 16.8 Å². The van der Waals surface area contributed by atoms with Gasteiger partial charge in [-0.2, -0.15) is 0 Å². The summed E-state index contributed by atoms with van der Waals surface area (Å²) in [7, 11) is 0. The summed E-state index contributed by atoms with van der Waals surface area (Å²) < 4.78 is 1.93. The van der Waals surface area contributed by atoms with E-state index in [-0.39, 0.29) is 11.3 Å². The van der Waals surface area contributed by atoms with Gasteiger partial charge in [-0.1, -0.05) is 44.2 Å². The summed E-state index contributed by atoms with van der Waals surface area (Å²) in [6.45, 7) is 8.75. The number of rotatable bonds is 3. The number of para-hydroxylation sites is 1. The van der Waals surface area contributed by atoms with Gasteiger partial charge in [0.1, 0.15) is 0 Å². The van der Waals surface area contributed by atoms with Gasteiger partial charge < -0.3 is 4.90 Å². The smallest absolute Gasteiger partial charge is 0.256 e. The molecule has 0 aliphatic carbocycles. The number of aromatic nitrogens is 4. The molecule has 0 N–H and O–H groups in total. The molecule has 1 aromatic carbocycles. The third-order valence-electron chi connectivity index (χ3n) is 5.42. The van der Waals surface area contributed by atoms with Crippen LogP contribution in [0, 0.1) is 5.92 Å². The van der Waals surface area contributed by atoms with E-state index in [1.807, 2.05) is 46.1 Å². The third kappa shape index (κ3) is 3.77. The summed E-state index contributed by atoms with van der Waals surface area (Å²) in [6, 6.07) is 9.71. The van der Waals surface area contributed by atoms with E-state index in [2.05, 4.69) is 36.1 Å². The number of pyridine rings is 1. The second kappa shape index (κ2) is 7.34. The lowest BCUT2D eigenvalue weighted by molar-refractivity contribution is 0.0661. The van der Waals surface area contributed by atoms with Gasteiger partial charge in [0.25, 0.3) is 5.91 Å². The molecule has 1 fully saturated rings. The molecule has 3 heterocycles. The Balaban J connectivity index is 1.49. The lowest BCUT2D eigenvalue weighted by Gasteiger charge is -2.32. The first-order valence-corrected chi connectivity index (χ1v) is 9.95. The van der Waals surface area contributed by atoms with Crippen LogP contribution in [0.3, 0.4) is 0 Å². The van der Waals surface area contributed by atoms with E-state index in [4.69, 9.17) is 0 Å². The summed E-state index contributed by atoms with van der Waals surface area (Å²) >= 11 is 0. The van der Waals surface area contributed by atoms with Crippen LogP contribution in [0.4, 0.5) is 0 Å². The topological polar surface area (TPSA) is 63.9 Å². The third-order valence-corrected chi connectivity index (χ3v) is 5.42. The largest absolute Gasteiger partial charge is 0.338 e. The number of fused-ring (bicyclic) bond motifs is 1. The number of benzene rings is 1. The Bertz CT molecular complexity index is 983. The Morgan fingerprint density at radius 2 is 2.04 bits per heavy atom. The molecule has 1 saturated heterocycles. The van der Waals surface area contributed by atoms with Crippen molar-refractivity contribution in [3.05, 3.63) is 54.0 Å². The molecular weight excluding hydrogens is 350 g/mol. The van der Waals surface area contributed by atoms with Crippen LogP contribution in [0.2, 0.25) is 0 Å². The van der Waals surface area contributed by atoms with E-state index < -0.39 is 0 Å². The molecule has 146 valence electrons. The van der Waals surface area contributed by atoms with Gasteiger partial charge in [-0.25, -0.2) is 0 Å². The Morgan fingerprint density at radius 3 is 2.82 bits per heavy atom. The van der Waals surface area contributed by atoms with E-state index in [1.165, 1.54) is 0 Å². The van der Waals surface area contributed by atoms with Crippen molar-refractivity contribution in [3.8, 4) is 0 Å². The van der Waals surface area contributed by atoms with Crippen molar-refractivity contribution in [3.63, 3.8) is 0 Å². The van der Waals surface area contributed by atoms with Gasteiger partial charge in [-0.15, -0.1) is 5.10 Å². The van der Waals surface area contributed by atoms with Crippen LogP contribution in [-0.4, -0.2) is 43.9 Å². The number of hydrogen-bond donors (Lipinski definition) is 0. The maximum atomic E-state index is 13.2. The predicted octanol–water partition coefficient (Wildman–Crippen LogP) is 3.68. The van der Waals surface area contributed by atoms with Crippen molar-refractivity contribution in [2.24, 2.45) is 5.92 Å². The average molecular weight is 377 g/mol. The fraction of sp³-hybridized carbons (Fsp3) is 0.455. The molecule has 0 saturated carbocycles. The van der Waals surface area contributed by atoms with Crippen molar-refractivity contribution in [1.82, 2.24) is 24.9 Å². The van der Waals surface area contributed by atoms with Crippen molar-refractivity contribution in [2.45, 2.75) is 45.6 Å². The lowest BCUT2D eigenvalue weighted by atomic mass is 9.93. The predicted molar refractivity (Wildman–Crippen MR) is 109 cm³/mol. The highest BCUT2D eigenvalue weighted by Gasteiger charge is 2.27. The van der Waals surface area contributed by atoms with Crippen LogP contribution >= 0.6 is 0 Å². The number of nitrogens with zero attached hydrogens (tertiary/aromatic N) is 5. The first-order valence-electron chi connectivity index (χ1n) is 9.95.